The monoisotopic (exact) mass is 242 g/mol. The van der Waals surface area contributed by atoms with Crippen LogP contribution >= 0.6 is 0 Å². The van der Waals surface area contributed by atoms with Crippen molar-refractivity contribution in [3.05, 3.63) is 0 Å². The third-order valence-corrected chi connectivity index (χ3v) is 3.59. The summed E-state index contributed by atoms with van der Waals surface area (Å²) in [6.07, 6.45) is 5.83. The molecule has 0 saturated carbocycles. The molecule has 2 aliphatic rings. The minimum Gasteiger partial charge on any atom is -0.393 e. The van der Waals surface area contributed by atoms with E-state index in [1.807, 2.05) is 0 Å². The third-order valence-electron chi connectivity index (χ3n) is 3.59. The van der Waals surface area contributed by atoms with Crippen LogP contribution in [0.2, 0.25) is 0 Å². The molecule has 0 bridgehead atoms. The summed E-state index contributed by atoms with van der Waals surface area (Å²) in [4.78, 5) is 0. The minimum absolute atomic E-state index is 0.0266. The molecule has 102 valence electrons. The lowest BCUT2D eigenvalue weighted by atomic mass is 9.83. The summed E-state index contributed by atoms with van der Waals surface area (Å²) in [6.45, 7) is 11.1. The Kier molecular flexibility index (Phi) is 5.42. The first-order valence-corrected chi connectivity index (χ1v) is 6.99. The maximum Gasteiger partial charge on any atom is 0.0564 e. The topological polar surface area (TPSA) is 44.3 Å². The first kappa shape index (κ1) is 14.9. The van der Waals surface area contributed by atoms with Crippen molar-refractivity contribution in [3.8, 4) is 0 Å². The summed E-state index contributed by atoms with van der Waals surface area (Å²) in [7, 11) is 0. The molecular weight excluding hydrogens is 212 g/mol. The predicted octanol–water partition coefficient (Wildman–Crippen LogP) is 2.05. The van der Waals surface area contributed by atoms with Gasteiger partial charge in [-0.1, -0.05) is 0 Å². The second-order valence-electron chi connectivity index (χ2n) is 6.73. The third kappa shape index (κ3) is 6.39. The van der Waals surface area contributed by atoms with Gasteiger partial charge in [0.25, 0.3) is 0 Å². The highest BCUT2D eigenvalue weighted by Gasteiger charge is 2.31. The molecule has 2 rings (SSSR count). The molecule has 0 spiro atoms. The van der Waals surface area contributed by atoms with Crippen molar-refractivity contribution in [2.24, 2.45) is 0 Å². The standard InChI is InChI=1S/C9H19N.C5H11NO/c1-8(2)6-5-7-9(3,4)10-8;7-5-1-3-6-4-2-5/h10H,5-7H2,1-4H3;5-7H,1-4H2. The lowest BCUT2D eigenvalue weighted by molar-refractivity contribution is 0.137. The van der Waals surface area contributed by atoms with Crippen molar-refractivity contribution in [1.29, 1.82) is 0 Å². The van der Waals surface area contributed by atoms with Crippen molar-refractivity contribution < 1.29 is 5.11 Å². The van der Waals surface area contributed by atoms with Crippen LogP contribution in [0.25, 0.3) is 0 Å². The Morgan fingerprint density at radius 3 is 1.65 bits per heavy atom. The largest absolute Gasteiger partial charge is 0.393 e. The van der Waals surface area contributed by atoms with Gasteiger partial charge in [-0.3, -0.25) is 0 Å². The van der Waals surface area contributed by atoms with Crippen molar-refractivity contribution in [1.82, 2.24) is 10.6 Å². The molecule has 3 heteroatoms. The van der Waals surface area contributed by atoms with Crippen LogP contribution in [0.5, 0.6) is 0 Å². The average Bonchev–Trinajstić information content (AvgIpc) is 2.15. The van der Waals surface area contributed by atoms with Gasteiger partial charge < -0.3 is 15.7 Å². The smallest absolute Gasteiger partial charge is 0.0564 e. The van der Waals surface area contributed by atoms with Gasteiger partial charge in [0.15, 0.2) is 0 Å². The zero-order valence-electron chi connectivity index (χ0n) is 12.0. The van der Waals surface area contributed by atoms with E-state index in [4.69, 9.17) is 5.11 Å². The molecule has 0 unspecified atom stereocenters. The van der Waals surface area contributed by atoms with Gasteiger partial charge in [0.05, 0.1) is 6.10 Å². The molecule has 0 radical (unpaired) electrons. The molecule has 0 aliphatic carbocycles. The number of hydrogen-bond donors (Lipinski definition) is 3. The molecule has 0 aromatic heterocycles. The van der Waals surface area contributed by atoms with Crippen LogP contribution in [0.1, 0.15) is 59.8 Å². The molecule has 2 heterocycles. The Bertz CT molecular complexity index is 206. The fourth-order valence-electron chi connectivity index (χ4n) is 2.82. The normalized spacial score (nSPS) is 28.1. The lowest BCUT2D eigenvalue weighted by Gasteiger charge is -2.42. The number of nitrogens with one attached hydrogen (secondary N) is 2. The summed E-state index contributed by atoms with van der Waals surface area (Å²) in [5.74, 6) is 0. The highest BCUT2D eigenvalue weighted by atomic mass is 16.3. The molecule has 2 fully saturated rings. The number of aliphatic hydroxyl groups excluding tert-OH is 1. The van der Waals surface area contributed by atoms with Crippen LogP contribution in [0.15, 0.2) is 0 Å². The highest BCUT2D eigenvalue weighted by Crippen LogP contribution is 2.27. The molecule has 3 N–H and O–H groups in total. The first-order chi connectivity index (χ1) is 7.81. The van der Waals surface area contributed by atoms with Gasteiger partial charge in [0.2, 0.25) is 0 Å². The second-order valence-corrected chi connectivity index (χ2v) is 6.73. The number of hydrogen-bond acceptors (Lipinski definition) is 3. The van der Waals surface area contributed by atoms with E-state index in [2.05, 4.69) is 38.3 Å². The molecule has 0 atom stereocenters. The summed E-state index contributed by atoms with van der Waals surface area (Å²) in [5, 5.41) is 15.7. The number of aliphatic hydroxyl groups is 1. The summed E-state index contributed by atoms with van der Waals surface area (Å²) < 4.78 is 0. The van der Waals surface area contributed by atoms with Crippen LogP contribution in [0.3, 0.4) is 0 Å². The summed E-state index contributed by atoms with van der Waals surface area (Å²) in [5.41, 5.74) is 0.726. The maximum atomic E-state index is 8.87. The van der Waals surface area contributed by atoms with Gasteiger partial charge in [-0.2, -0.15) is 0 Å². The van der Waals surface area contributed by atoms with E-state index in [9.17, 15) is 0 Å². The number of piperidine rings is 2. The van der Waals surface area contributed by atoms with E-state index in [1.54, 1.807) is 0 Å². The fraction of sp³-hybridized carbons (Fsp3) is 1.00. The highest BCUT2D eigenvalue weighted by molar-refractivity contribution is 4.92. The SMILES string of the molecule is CC1(C)CCCC(C)(C)N1.OC1CCNCC1. The molecule has 3 nitrogen and oxygen atoms in total. The molecule has 2 aliphatic heterocycles. The van der Waals surface area contributed by atoms with E-state index in [0.29, 0.717) is 11.1 Å². The van der Waals surface area contributed by atoms with Gasteiger partial charge in [-0.15, -0.1) is 0 Å². The van der Waals surface area contributed by atoms with E-state index >= 15 is 0 Å². The van der Waals surface area contributed by atoms with Crippen LogP contribution < -0.4 is 10.6 Å². The Morgan fingerprint density at radius 1 is 0.941 bits per heavy atom. The quantitative estimate of drug-likeness (QED) is 0.609. The summed E-state index contributed by atoms with van der Waals surface area (Å²) in [6, 6.07) is 0. The van der Waals surface area contributed by atoms with Crippen LogP contribution in [0, 0.1) is 0 Å². The van der Waals surface area contributed by atoms with Gasteiger partial charge in [-0.25, -0.2) is 0 Å². The summed E-state index contributed by atoms with van der Waals surface area (Å²) >= 11 is 0. The molecule has 0 aromatic carbocycles. The zero-order chi connectivity index (χ0) is 12.9. The molecule has 0 amide bonds. The van der Waals surface area contributed by atoms with Crippen molar-refractivity contribution in [2.45, 2.75) is 77.0 Å². The molecular formula is C14H30N2O. The van der Waals surface area contributed by atoms with E-state index < -0.39 is 0 Å². The Morgan fingerprint density at radius 2 is 1.41 bits per heavy atom. The van der Waals surface area contributed by atoms with E-state index in [1.165, 1.54) is 19.3 Å². The van der Waals surface area contributed by atoms with Gasteiger partial charge in [0.1, 0.15) is 0 Å². The van der Waals surface area contributed by atoms with E-state index in [0.717, 1.165) is 25.9 Å². The molecule has 2 saturated heterocycles. The van der Waals surface area contributed by atoms with Gasteiger partial charge >= 0.3 is 0 Å². The van der Waals surface area contributed by atoms with Gasteiger partial charge in [-0.05, 0) is 72.9 Å². The Hall–Kier alpha value is -0.120. The Labute approximate surface area is 106 Å². The average molecular weight is 242 g/mol. The Balaban J connectivity index is 0.000000181. The van der Waals surface area contributed by atoms with Crippen molar-refractivity contribution in [3.63, 3.8) is 0 Å². The molecule has 0 aromatic rings. The maximum absolute atomic E-state index is 8.87. The van der Waals surface area contributed by atoms with Crippen molar-refractivity contribution in [2.75, 3.05) is 13.1 Å². The lowest BCUT2D eigenvalue weighted by Crippen LogP contribution is -2.55. The fourth-order valence-corrected chi connectivity index (χ4v) is 2.82. The van der Waals surface area contributed by atoms with Crippen LogP contribution in [0.4, 0.5) is 0 Å². The van der Waals surface area contributed by atoms with Crippen LogP contribution in [-0.2, 0) is 0 Å². The van der Waals surface area contributed by atoms with E-state index in [-0.39, 0.29) is 6.10 Å². The predicted molar refractivity (Wildman–Crippen MR) is 73.3 cm³/mol. The minimum atomic E-state index is -0.0266. The first-order valence-electron chi connectivity index (χ1n) is 6.99. The second kappa shape index (κ2) is 6.17. The van der Waals surface area contributed by atoms with Gasteiger partial charge in [0, 0.05) is 11.1 Å². The zero-order valence-corrected chi connectivity index (χ0v) is 12.0. The van der Waals surface area contributed by atoms with Crippen molar-refractivity contribution >= 4 is 0 Å². The number of rotatable bonds is 0. The van der Waals surface area contributed by atoms with Crippen LogP contribution in [-0.4, -0.2) is 35.4 Å². The molecule has 17 heavy (non-hydrogen) atoms.